The molecule has 0 radical (unpaired) electrons. The molecule has 5 heteroatoms. The molecule has 1 saturated heterocycles. The molecule has 1 aliphatic heterocycles. The van der Waals surface area contributed by atoms with E-state index in [-0.39, 0.29) is 11.9 Å². The maximum atomic E-state index is 12.7. The van der Waals surface area contributed by atoms with Crippen molar-refractivity contribution in [3.63, 3.8) is 0 Å². The van der Waals surface area contributed by atoms with E-state index < -0.39 is 0 Å². The predicted octanol–water partition coefficient (Wildman–Crippen LogP) is 3.61. The quantitative estimate of drug-likeness (QED) is 0.725. The van der Waals surface area contributed by atoms with Gasteiger partial charge in [0.25, 0.3) is 5.91 Å². The highest BCUT2D eigenvalue weighted by Crippen LogP contribution is 2.34. The van der Waals surface area contributed by atoms with Gasteiger partial charge in [0.1, 0.15) is 5.82 Å². The molecule has 0 spiro atoms. The van der Waals surface area contributed by atoms with Gasteiger partial charge in [-0.15, -0.1) is 0 Å². The maximum Gasteiger partial charge on any atom is 0.255 e. The van der Waals surface area contributed by atoms with E-state index >= 15 is 0 Å². The van der Waals surface area contributed by atoms with E-state index in [0.717, 1.165) is 41.8 Å². The van der Waals surface area contributed by atoms with E-state index in [4.69, 9.17) is 4.98 Å². The monoisotopic (exact) mass is 311 g/mol. The van der Waals surface area contributed by atoms with Crippen molar-refractivity contribution >= 4 is 28.3 Å². The highest BCUT2D eigenvalue weighted by Gasteiger charge is 2.33. The van der Waals surface area contributed by atoms with E-state index in [1.54, 1.807) is 11.3 Å². The number of fused-ring (bicyclic) bond motifs is 1. The van der Waals surface area contributed by atoms with E-state index in [2.05, 4.69) is 10.6 Å². The minimum absolute atomic E-state index is 0.0739. The number of hydrogen-bond donors (Lipinski definition) is 0. The fourth-order valence-electron chi connectivity index (χ4n) is 3.29. The zero-order valence-corrected chi connectivity index (χ0v) is 13.2. The summed E-state index contributed by atoms with van der Waals surface area (Å²) in [6.07, 6.45) is 2.01. The third-order valence-electron chi connectivity index (χ3n) is 4.40. The van der Waals surface area contributed by atoms with Crippen molar-refractivity contribution < 1.29 is 4.79 Å². The van der Waals surface area contributed by atoms with Crippen molar-refractivity contribution in [2.24, 2.45) is 7.05 Å². The predicted molar refractivity (Wildman–Crippen MR) is 88.0 cm³/mol. The molecule has 1 aromatic carbocycles. The summed E-state index contributed by atoms with van der Waals surface area (Å²) in [6, 6.07) is 10.1. The summed E-state index contributed by atoms with van der Waals surface area (Å²) < 4.78 is 2.12. The number of nitrogens with zero attached hydrogens (tertiary/aromatic N) is 3. The summed E-state index contributed by atoms with van der Waals surface area (Å²) in [7, 11) is 2.04. The van der Waals surface area contributed by atoms with Crippen LogP contribution in [0.15, 0.2) is 41.1 Å². The smallest absolute Gasteiger partial charge is 0.255 e. The highest BCUT2D eigenvalue weighted by molar-refractivity contribution is 7.08. The average Bonchev–Trinajstić information content (AvgIpc) is 3.27. The van der Waals surface area contributed by atoms with Crippen molar-refractivity contribution in [1.29, 1.82) is 0 Å². The Morgan fingerprint density at radius 3 is 2.95 bits per heavy atom. The van der Waals surface area contributed by atoms with E-state index in [0.29, 0.717) is 0 Å². The maximum absolute atomic E-state index is 12.7. The molecule has 1 atom stereocenters. The third-order valence-corrected chi connectivity index (χ3v) is 5.08. The Kier molecular flexibility index (Phi) is 3.22. The van der Waals surface area contributed by atoms with Crippen LogP contribution in [0.3, 0.4) is 0 Å². The van der Waals surface area contributed by atoms with Crippen LogP contribution in [0.5, 0.6) is 0 Å². The van der Waals surface area contributed by atoms with E-state index in [1.165, 1.54) is 0 Å². The molecule has 3 heterocycles. The molecule has 1 amide bonds. The fourth-order valence-corrected chi connectivity index (χ4v) is 3.92. The number of thiophene rings is 1. The summed E-state index contributed by atoms with van der Waals surface area (Å²) in [5.41, 5.74) is 2.90. The van der Waals surface area contributed by atoms with Crippen LogP contribution in [-0.4, -0.2) is 26.9 Å². The number of imidazole rings is 1. The summed E-state index contributed by atoms with van der Waals surface area (Å²) in [5, 5.41) is 3.88. The molecule has 0 aliphatic carbocycles. The van der Waals surface area contributed by atoms with Crippen molar-refractivity contribution in [3.05, 3.63) is 52.5 Å². The zero-order valence-electron chi connectivity index (χ0n) is 12.4. The lowest BCUT2D eigenvalue weighted by molar-refractivity contribution is 0.0729. The molecule has 0 unspecified atom stereocenters. The van der Waals surface area contributed by atoms with Gasteiger partial charge in [-0.25, -0.2) is 4.98 Å². The number of aryl methyl sites for hydroxylation is 1. The lowest BCUT2D eigenvalue weighted by atomic mass is 10.2. The third kappa shape index (κ3) is 2.04. The fraction of sp³-hybridized carbons (Fsp3) is 0.294. The van der Waals surface area contributed by atoms with Crippen LogP contribution in [0, 0.1) is 0 Å². The summed E-state index contributed by atoms with van der Waals surface area (Å²) in [6.45, 7) is 0.808. The van der Waals surface area contributed by atoms with Gasteiger partial charge in [0, 0.05) is 19.0 Å². The molecule has 4 nitrogen and oxygen atoms in total. The first-order valence-corrected chi connectivity index (χ1v) is 8.44. The van der Waals surface area contributed by atoms with Crippen LogP contribution in [0.1, 0.15) is 35.1 Å². The van der Waals surface area contributed by atoms with E-state index in [9.17, 15) is 4.79 Å². The number of para-hydroxylation sites is 2. The molecular formula is C17H17N3OS. The Balaban J connectivity index is 1.73. The van der Waals surface area contributed by atoms with Gasteiger partial charge in [-0.1, -0.05) is 12.1 Å². The lowest BCUT2D eigenvalue weighted by Gasteiger charge is -2.24. The average molecular weight is 311 g/mol. The number of carbonyl (C=O) groups is 1. The first kappa shape index (κ1) is 13.5. The topological polar surface area (TPSA) is 38.1 Å². The molecule has 2 aromatic heterocycles. The minimum Gasteiger partial charge on any atom is -0.329 e. The van der Waals surface area contributed by atoms with Crippen LogP contribution in [0.4, 0.5) is 0 Å². The second-order valence-electron chi connectivity index (χ2n) is 5.69. The Bertz CT molecular complexity index is 822. The van der Waals surface area contributed by atoms with Gasteiger partial charge in [-0.2, -0.15) is 11.3 Å². The normalized spacial score (nSPS) is 18.2. The molecular weight excluding hydrogens is 294 g/mol. The molecule has 22 heavy (non-hydrogen) atoms. The Hall–Kier alpha value is -2.14. The van der Waals surface area contributed by atoms with Gasteiger partial charge in [0.15, 0.2) is 0 Å². The van der Waals surface area contributed by atoms with Gasteiger partial charge < -0.3 is 9.47 Å². The van der Waals surface area contributed by atoms with Crippen LogP contribution >= 0.6 is 11.3 Å². The molecule has 1 fully saturated rings. The molecule has 0 bridgehead atoms. The number of aromatic nitrogens is 2. The van der Waals surface area contributed by atoms with Crippen molar-refractivity contribution in [3.8, 4) is 0 Å². The Labute approximate surface area is 133 Å². The number of amides is 1. The molecule has 1 aliphatic rings. The van der Waals surface area contributed by atoms with Crippen molar-refractivity contribution in [1.82, 2.24) is 14.5 Å². The molecule has 112 valence electrons. The number of carbonyl (C=O) groups excluding carboxylic acids is 1. The zero-order chi connectivity index (χ0) is 15.1. The van der Waals surface area contributed by atoms with Crippen molar-refractivity contribution in [2.75, 3.05) is 6.54 Å². The summed E-state index contributed by atoms with van der Waals surface area (Å²) >= 11 is 1.56. The van der Waals surface area contributed by atoms with Crippen LogP contribution in [0.2, 0.25) is 0 Å². The van der Waals surface area contributed by atoms with Gasteiger partial charge in [-0.05, 0) is 36.4 Å². The largest absolute Gasteiger partial charge is 0.329 e. The van der Waals surface area contributed by atoms with Crippen LogP contribution < -0.4 is 0 Å². The summed E-state index contributed by atoms with van der Waals surface area (Å²) in [5.74, 6) is 1.11. The van der Waals surface area contributed by atoms with E-state index in [1.807, 2.05) is 47.0 Å². The molecule has 0 N–H and O–H groups in total. The Morgan fingerprint density at radius 2 is 2.18 bits per heavy atom. The van der Waals surface area contributed by atoms with Gasteiger partial charge in [-0.3, -0.25) is 4.79 Å². The van der Waals surface area contributed by atoms with Gasteiger partial charge >= 0.3 is 0 Å². The first-order valence-electron chi connectivity index (χ1n) is 7.50. The molecule has 0 saturated carbocycles. The second kappa shape index (κ2) is 5.25. The lowest BCUT2D eigenvalue weighted by Crippen LogP contribution is -2.31. The second-order valence-corrected chi connectivity index (χ2v) is 6.47. The van der Waals surface area contributed by atoms with Crippen LogP contribution in [-0.2, 0) is 7.05 Å². The number of hydrogen-bond acceptors (Lipinski definition) is 3. The Morgan fingerprint density at radius 1 is 1.32 bits per heavy atom. The van der Waals surface area contributed by atoms with Gasteiger partial charge in [0.2, 0.25) is 0 Å². The SMILES string of the molecule is Cn1c([C@H]2CCCN2C(=O)c2ccsc2)nc2ccccc21. The number of likely N-dealkylation sites (tertiary alicyclic amines) is 1. The van der Waals surface area contributed by atoms with Crippen molar-refractivity contribution in [2.45, 2.75) is 18.9 Å². The first-order chi connectivity index (χ1) is 10.8. The minimum atomic E-state index is 0.0739. The number of benzene rings is 1. The summed E-state index contributed by atoms with van der Waals surface area (Å²) in [4.78, 5) is 19.5. The molecule has 3 aromatic rings. The number of rotatable bonds is 2. The highest BCUT2D eigenvalue weighted by atomic mass is 32.1. The van der Waals surface area contributed by atoms with Crippen LogP contribution in [0.25, 0.3) is 11.0 Å². The molecule has 4 rings (SSSR count). The standard InChI is InChI=1S/C17H17N3OS/c1-19-14-6-3-2-5-13(14)18-16(19)15-7-4-9-20(15)17(21)12-8-10-22-11-12/h2-3,5-6,8,10-11,15H,4,7,9H2,1H3/t15-/m1/s1. The van der Waals surface area contributed by atoms with Gasteiger partial charge in [0.05, 0.1) is 22.6 Å².